The second-order valence-electron chi connectivity index (χ2n) is 6.50. The van der Waals surface area contributed by atoms with Crippen LogP contribution in [0.1, 0.15) is 13.3 Å². The summed E-state index contributed by atoms with van der Waals surface area (Å²) < 4.78 is 23.0. The Labute approximate surface area is 143 Å². The minimum absolute atomic E-state index is 0.0684. The molecule has 0 bridgehead atoms. The number of hydrogen-bond acceptors (Lipinski definition) is 6. The van der Waals surface area contributed by atoms with Gasteiger partial charge in [-0.3, -0.25) is 9.69 Å². The topological polar surface area (TPSA) is 82.6 Å². The highest BCUT2D eigenvalue weighted by Crippen LogP contribution is 2.15. The van der Waals surface area contributed by atoms with Gasteiger partial charge >= 0.3 is 0 Å². The number of carbonyl (C=O) groups excluding carboxylic acids is 1. The van der Waals surface area contributed by atoms with Crippen LogP contribution in [0.2, 0.25) is 0 Å². The van der Waals surface area contributed by atoms with Crippen molar-refractivity contribution >= 4 is 21.6 Å². The van der Waals surface area contributed by atoms with E-state index in [0.717, 1.165) is 32.0 Å². The molecular weight excluding hydrogens is 328 g/mol. The maximum atomic E-state index is 12.4. The maximum Gasteiger partial charge on any atom is 0.237 e. The summed E-state index contributed by atoms with van der Waals surface area (Å²) in [5.74, 6) is 1.13. The van der Waals surface area contributed by atoms with Crippen LogP contribution >= 0.6 is 0 Å². The molecule has 132 valence electrons. The van der Waals surface area contributed by atoms with Gasteiger partial charge in [0, 0.05) is 38.4 Å². The molecule has 8 heteroatoms. The summed E-state index contributed by atoms with van der Waals surface area (Å²) >= 11 is 0. The monoisotopic (exact) mass is 352 g/mol. The summed E-state index contributed by atoms with van der Waals surface area (Å²) in [6, 6.07) is 5.38. The lowest BCUT2D eigenvalue weighted by molar-refractivity contribution is -0.126. The van der Waals surface area contributed by atoms with Gasteiger partial charge in [0.05, 0.1) is 17.5 Å². The maximum absolute atomic E-state index is 12.4. The minimum Gasteiger partial charge on any atom is -0.354 e. The quantitative estimate of drug-likeness (QED) is 0.815. The lowest BCUT2D eigenvalue weighted by Crippen LogP contribution is -2.55. The number of hydrogen-bond donors (Lipinski definition) is 1. The molecule has 3 heterocycles. The van der Waals surface area contributed by atoms with Crippen LogP contribution in [0.15, 0.2) is 24.4 Å². The van der Waals surface area contributed by atoms with Crippen LogP contribution in [0, 0.1) is 0 Å². The van der Waals surface area contributed by atoms with Crippen molar-refractivity contribution < 1.29 is 13.2 Å². The molecule has 0 aromatic carbocycles. The predicted octanol–water partition coefficient (Wildman–Crippen LogP) is -0.105. The summed E-state index contributed by atoms with van der Waals surface area (Å²) in [7, 11) is -2.97. The Morgan fingerprint density at radius 3 is 2.62 bits per heavy atom. The number of carbonyl (C=O) groups is 1. The third kappa shape index (κ3) is 4.05. The Kier molecular flexibility index (Phi) is 5.05. The van der Waals surface area contributed by atoms with Gasteiger partial charge in [-0.15, -0.1) is 0 Å². The normalized spacial score (nSPS) is 25.4. The number of amides is 1. The van der Waals surface area contributed by atoms with Crippen LogP contribution in [-0.4, -0.2) is 74.0 Å². The highest BCUT2D eigenvalue weighted by atomic mass is 32.2. The van der Waals surface area contributed by atoms with E-state index in [1.54, 1.807) is 6.20 Å². The van der Waals surface area contributed by atoms with Crippen LogP contribution in [0.5, 0.6) is 0 Å². The van der Waals surface area contributed by atoms with E-state index < -0.39 is 9.84 Å². The number of nitrogens with one attached hydrogen (secondary N) is 1. The molecule has 1 amide bonds. The Hall–Kier alpha value is -1.67. The van der Waals surface area contributed by atoms with Crippen molar-refractivity contribution in [3.05, 3.63) is 24.4 Å². The Morgan fingerprint density at radius 2 is 2.04 bits per heavy atom. The SMILES string of the molecule is C[C@H](C(=O)N[C@@H]1CCS(=O)(=O)C1)N1CCN(c2ccccn2)CC1. The van der Waals surface area contributed by atoms with Crippen molar-refractivity contribution in [3.8, 4) is 0 Å². The summed E-state index contributed by atoms with van der Waals surface area (Å²) in [6.45, 7) is 5.11. The van der Waals surface area contributed by atoms with E-state index in [1.807, 2.05) is 25.1 Å². The molecule has 2 aliphatic rings. The first-order chi connectivity index (χ1) is 11.4. The van der Waals surface area contributed by atoms with Crippen molar-refractivity contribution in [2.75, 3.05) is 42.6 Å². The molecular formula is C16H24N4O3S. The van der Waals surface area contributed by atoms with E-state index in [9.17, 15) is 13.2 Å². The average Bonchev–Trinajstić information content (AvgIpc) is 2.93. The zero-order valence-corrected chi connectivity index (χ0v) is 14.7. The third-order valence-corrected chi connectivity index (χ3v) is 6.56. The zero-order chi connectivity index (χ0) is 17.2. The molecule has 24 heavy (non-hydrogen) atoms. The van der Waals surface area contributed by atoms with Crippen LogP contribution in [0.3, 0.4) is 0 Å². The molecule has 7 nitrogen and oxygen atoms in total. The summed E-state index contributed by atoms with van der Waals surface area (Å²) in [5, 5.41) is 2.89. The fourth-order valence-corrected chi connectivity index (χ4v) is 4.95. The highest BCUT2D eigenvalue weighted by Gasteiger charge is 2.32. The summed E-state index contributed by atoms with van der Waals surface area (Å²) in [6.07, 6.45) is 2.31. The fraction of sp³-hybridized carbons (Fsp3) is 0.625. The molecule has 2 aliphatic heterocycles. The molecule has 0 unspecified atom stereocenters. The molecule has 1 N–H and O–H groups in total. The number of piperazine rings is 1. The van der Waals surface area contributed by atoms with E-state index in [1.165, 1.54) is 0 Å². The summed E-state index contributed by atoms with van der Waals surface area (Å²) in [4.78, 5) is 21.1. The van der Waals surface area contributed by atoms with E-state index in [0.29, 0.717) is 6.42 Å². The Balaban J connectivity index is 1.50. The molecule has 0 aliphatic carbocycles. The first kappa shape index (κ1) is 17.2. The van der Waals surface area contributed by atoms with Gasteiger partial charge in [0.25, 0.3) is 0 Å². The predicted molar refractivity (Wildman–Crippen MR) is 92.7 cm³/mol. The van der Waals surface area contributed by atoms with Crippen LogP contribution in [-0.2, 0) is 14.6 Å². The first-order valence-electron chi connectivity index (χ1n) is 8.35. The average molecular weight is 352 g/mol. The van der Waals surface area contributed by atoms with E-state index >= 15 is 0 Å². The minimum atomic E-state index is -2.97. The smallest absolute Gasteiger partial charge is 0.237 e. The molecule has 2 saturated heterocycles. The van der Waals surface area contributed by atoms with Crippen LogP contribution in [0.25, 0.3) is 0 Å². The van der Waals surface area contributed by atoms with Gasteiger partial charge in [0.2, 0.25) is 5.91 Å². The van der Waals surface area contributed by atoms with E-state index in [-0.39, 0.29) is 29.5 Å². The zero-order valence-electron chi connectivity index (χ0n) is 13.9. The molecule has 2 fully saturated rings. The van der Waals surface area contributed by atoms with E-state index in [4.69, 9.17) is 0 Å². The van der Waals surface area contributed by atoms with E-state index in [2.05, 4.69) is 20.1 Å². The van der Waals surface area contributed by atoms with Gasteiger partial charge in [-0.1, -0.05) is 6.07 Å². The number of anilines is 1. The Bertz CT molecular complexity index is 672. The number of nitrogens with zero attached hydrogens (tertiary/aromatic N) is 3. The van der Waals surface area contributed by atoms with Gasteiger partial charge in [-0.2, -0.15) is 0 Å². The molecule has 3 rings (SSSR count). The number of aromatic nitrogens is 1. The lowest BCUT2D eigenvalue weighted by Gasteiger charge is -2.38. The van der Waals surface area contributed by atoms with Crippen molar-refractivity contribution in [2.24, 2.45) is 0 Å². The first-order valence-corrected chi connectivity index (χ1v) is 10.2. The molecule has 2 atom stereocenters. The van der Waals surface area contributed by atoms with Gasteiger partial charge in [-0.25, -0.2) is 13.4 Å². The largest absolute Gasteiger partial charge is 0.354 e. The van der Waals surface area contributed by atoms with Gasteiger partial charge in [-0.05, 0) is 25.5 Å². The third-order valence-electron chi connectivity index (χ3n) is 4.79. The van der Waals surface area contributed by atoms with Crippen molar-refractivity contribution in [1.29, 1.82) is 0 Å². The number of rotatable bonds is 4. The van der Waals surface area contributed by atoms with Crippen LogP contribution in [0.4, 0.5) is 5.82 Å². The molecule has 0 spiro atoms. The second-order valence-corrected chi connectivity index (χ2v) is 8.72. The lowest BCUT2D eigenvalue weighted by atomic mass is 10.2. The Morgan fingerprint density at radius 1 is 1.29 bits per heavy atom. The standard InChI is InChI=1S/C16H24N4O3S/c1-13(16(21)18-14-5-11-24(22,23)12-14)19-7-9-20(10-8-19)15-4-2-3-6-17-15/h2-4,6,13-14H,5,7-12H2,1H3,(H,18,21)/t13-,14-/m1/s1. The summed E-state index contributed by atoms with van der Waals surface area (Å²) in [5.41, 5.74) is 0. The molecule has 0 radical (unpaired) electrons. The van der Waals surface area contributed by atoms with Gasteiger partial charge in [0.1, 0.15) is 5.82 Å². The molecule has 1 aromatic heterocycles. The van der Waals surface area contributed by atoms with Crippen molar-refractivity contribution in [3.63, 3.8) is 0 Å². The van der Waals surface area contributed by atoms with Gasteiger partial charge < -0.3 is 10.2 Å². The van der Waals surface area contributed by atoms with Crippen LogP contribution < -0.4 is 10.2 Å². The molecule has 1 aromatic rings. The highest BCUT2D eigenvalue weighted by molar-refractivity contribution is 7.91. The van der Waals surface area contributed by atoms with Crippen molar-refractivity contribution in [2.45, 2.75) is 25.4 Å². The number of sulfone groups is 1. The second kappa shape index (κ2) is 7.06. The molecule has 0 saturated carbocycles. The van der Waals surface area contributed by atoms with Crippen molar-refractivity contribution in [1.82, 2.24) is 15.2 Å². The fourth-order valence-electron chi connectivity index (χ4n) is 3.28. The van der Waals surface area contributed by atoms with Gasteiger partial charge in [0.15, 0.2) is 9.84 Å². The number of pyridine rings is 1.